The summed E-state index contributed by atoms with van der Waals surface area (Å²) < 4.78 is 17.7. The van der Waals surface area contributed by atoms with Crippen LogP contribution < -0.4 is 5.73 Å². The first-order valence-corrected chi connectivity index (χ1v) is 5.92. The van der Waals surface area contributed by atoms with Gasteiger partial charge in [0.2, 0.25) is 0 Å². The molecule has 0 bridgehead atoms. The maximum Gasteiger partial charge on any atom is 0.316 e. The highest BCUT2D eigenvalue weighted by Gasteiger charge is 2.07. The first-order valence-electron chi connectivity index (χ1n) is 4.94. The summed E-state index contributed by atoms with van der Waals surface area (Å²) in [5.41, 5.74) is 6.19. The van der Waals surface area contributed by atoms with Gasteiger partial charge in [-0.05, 0) is 30.7 Å². The number of thioether (sulfide) groups is 1. The van der Waals surface area contributed by atoms with Crippen molar-refractivity contribution in [3.8, 4) is 0 Å². The fraction of sp³-hybridized carbons (Fsp3) is 0.364. The van der Waals surface area contributed by atoms with Crippen LogP contribution in [0.3, 0.4) is 0 Å². The summed E-state index contributed by atoms with van der Waals surface area (Å²) in [6.07, 6.45) is 0. The molecule has 1 aromatic rings. The van der Waals surface area contributed by atoms with Gasteiger partial charge < -0.3 is 10.5 Å². The average molecular weight is 243 g/mol. The molecular weight excluding hydrogens is 229 g/mol. The van der Waals surface area contributed by atoms with Gasteiger partial charge in [-0.15, -0.1) is 11.8 Å². The van der Waals surface area contributed by atoms with E-state index < -0.39 is 0 Å². The van der Waals surface area contributed by atoms with Crippen LogP contribution in [-0.2, 0) is 16.1 Å². The zero-order valence-corrected chi connectivity index (χ0v) is 9.85. The highest BCUT2D eigenvalue weighted by molar-refractivity contribution is 8.00. The van der Waals surface area contributed by atoms with Gasteiger partial charge in [0.15, 0.2) is 0 Å². The molecule has 16 heavy (non-hydrogen) atoms. The van der Waals surface area contributed by atoms with E-state index in [1.807, 2.05) is 0 Å². The van der Waals surface area contributed by atoms with Crippen LogP contribution in [0, 0.1) is 5.82 Å². The largest absolute Gasteiger partial charge is 0.465 e. The van der Waals surface area contributed by atoms with Crippen molar-refractivity contribution >= 4 is 17.7 Å². The second kappa shape index (κ2) is 6.50. The number of esters is 1. The Balaban J connectivity index is 2.63. The van der Waals surface area contributed by atoms with Crippen LogP contribution in [-0.4, -0.2) is 18.3 Å². The zero-order chi connectivity index (χ0) is 12.0. The van der Waals surface area contributed by atoms with Gasteiger partial charge in [-0.1, -0.05) is 0 Å². The number of nitrogens with two attached hydrogens (primary N) is 1. The molecule has 0 spiro atoms. The van der Waals surface area contributed by atoms with Crippen molar-refractivity contribution in [3.05, 3.63) is 29.6 Å². The van der Waals surface area contributed by atoms with Gasteiger partial charge in [0.05, 0.1) is 12.4 Å². The fourth-order valence-electron chi connectivity index (χ4n) is 1.19. The summed E-state index contributed by atoms with van der Waals surface area (Å²) in [4.78, 5) is 12.0. The van der Waals surface area contributed by atoms with Gasteiger partial charge in [0.25, 0.3) is 0 Å². The van der Waals surface area contributed by atoms with Crippen LogP contribution in [0.15, 0.2) is 23.1 Å². The topological polar surface area (TPSA) is 52.3 Å². The Morgan fingerprint density at radius 2 is 2.31 bits per heavy atom. The number of halogens is 1. The Labute approximate surface area is 98.2 Å². The minimum Gasteiger partial charge on any atom is -0.465 e. The van der Waals surface area contributed by atoms with E-state index in [4.69, 9.17) is 10.5 Å². The molecule has 3 nitrogen and oxygen atoms in total. The lowest BCUT2D eigenvalue weighted by atomic mass is 10.2. The van der Waals surface area contributed by atoms with Gasteiger partial charge in [-0.25, -0.2) is 4.39 Å². The van der Waals surface area contributed by atoms with Gasteiger partial charge in [0, 0.05) is 11.4 Å². The van der Waals surface area contributed by atoms with Crippen molar-refractivity contribution in [2.24, 2.45) is 5.73 Å². The summed E-state index contributed by atoms with van der Waals surface area (Å²) in [7, 11) is 0. The van der Waals surface area contributed by atoms with E-state index in [1.165, 1.54) is 23.9 Å². The van der Waals surface area contributed by atoms with Crippen molar-refractivity contribution in [2.75, 3.05) is 12.4 Å². The molecule has 88 valence electrons. The lowest BCUT2D eigenvalue weighted by molar-refractivity contribution is -0.139. The fourth-order valence-corrected chi connectivity index (χ4v) is 2.04. The van der Waals surface area contributed by atoms with Gasteiger partial charge in [0.1, 0.15) is 5.82 Å². The van der Waals surface area contributed by atoms with Crippen molar-refractivity contribution in [3.63, 3.8) is 0 Å². The van der Waals surface area contributed by atoms with Crippen molar-refractivity contribution in [1.82, 2.24) is 0 Å². The summed E-state index contributed by atoms with van der Waals surface area (Å²) in [5.74, 6) is -0.382. The van der Waals surface area contributed by atoms with E-state index in [0.29, 0.717) is 12.2 Å². The molecule has 1 rings (SSSR count). The van der Waals surface area contributed by atoms with Gasteiger partial charge in [-0.3, -0.25) is 4.79 Å². The number of carbonyl (C=O) groups excluding carboxylic acids is 1. The first-order chi connectivity index (χ1) is 7.67. The van der Waals surface area contributed by atoms with Crippen LogP contribution in [0.1, 0.15) is 12.5 Å². The maximum atomic E-state index is 12.9. The number of ether oxygens (including phenoxy) is 1. The maximum absolute atomic E-state index is 12.9. The summed E-state index contributed by atoms with van der Waals surface area (Å²) in [5, 5.41) is 0. The van der Waals surface area contributed by atoms with Crippen LogP contribution in [0.2, 0.25) is 0 Å². The minimum absolute atomic E-state index is 0.215. The Morgan fingerprint density at radius 3 is 2.94 bits per heavy atom. The molecule has 0 atom stereocenters. The third-order valence-electron chi connectivity index (χ3n) is 1.89. The molecule has 0 aromatic heterocycles. The molecule has 0 aliphatic rings. The summed E-state index contributed by atoms with van der Waals surface area (Å²) in [6, 6.07) is 4.36. The number of hydrogen-bond acceptors (Lipinski definition) is 4. The number of benzene rings is 1. The molecule has 0 radical (unpaired) electrons. The molecule has 1 aromatic carbocycles. The third kappa shape index (κ3) is 3.83. The first kappa shape index (κ1) is 13.0. The van der Waals surface area contributed by atoms with E-state index in [-0.39, 0.29) is 24.1 Å². The molecule has 5 heteroatoms. The Morgan fingerprint density at radius 1 is 1.56 bits per heavy atom. The van der Waals surface area contributed by atoms with Gasteiger partial charge >= 0.3 is 5.97 Å². The molecule has 0 saturated heterocycles. The lowest BCUT2D eigenvalue weighted by Crippen LogP contribution is -2.07. The molecule has 0 aliphatic carbocycles. The third-order valence-corrected chi connectivity index (χ3v) is 2.98. The molecule has 0 fully saturated rings. The molecule has 2 N–H and O–H groups in total. The van der Waals surface area contributed by atoms with Crippen molar-refractivity contribution in [1.29, 1.82) is 0 Å². The Kier molecular flexibility index (Phi) is 5.28. The van der Waals surface area contributed by atoms with E-state index in [2.05, 4.69) is 0 Å². The second-order valence-electron chi connectivity index (χ2n) is 3.05. The highest BCUT2D eigenvalue weighted by Crippen LogP contribution is 2.23. The van der Waals surface area contributed by atoms with Crippen LogP contribution >= 0.6 is 11.8 Å². The van der Waals surface area contributed by atoms with Crippen LogP contribution in [0.5, 0.6) is 0 Å². The Bertz CT molecular complexity index is 371. The minimum atomic E-state index is -0.319. The number of rotatable bonds is 5. The number of carbonyl (C=O) groups is 1. The number of hydrogen-bond donors (Lipinski definition) is 1. The molecule has 0 unspecified atom stereocenters. The second-order valence-corrected chi connectivity index (χ2v) is 4.07. The van der Waals surface area contributed by atoms with Gasteiger partial charge in [-0.2, -0.15) is 0 Å². The predicted molar refractivity (Wildman–Crippen MR) is 61.6 cm³/mol. The van der Waals surface area contributed by atoms with Crippen molar-refractivity contribution < 1.29 is 13.9 Å². The normalized spacial score (nSPS) is 10.2. The molecule has 0 heterocycles. The standard InChI is InChI=1S/C11H14FNO2S/c1-2-15-11(14)7-16-10-4-3-9(12)5-8(10)6-13/h3-5H,2,6-7,13H2,1H3. The quantitative estimate of drug-likeness (QED) is 0.634. The van der Waals surface area contributed by atoms with E-state index in [1.54, 1.807) is 13.0 Å². The average Bonchev–Trinajstić information content (AvgIpc) is 2.27. The Hall–Kier alpha value is -1.07. The molecule has 0 aliphatic heterocycles. The predicted octanol–water partition coefficient (Wildman–Crippen LogP) is 1.94. The van der Waals surface area contributed by atoms with E-state index >= 15 is 0 Å². The molecular formula is C11H14FNO2S. The SMILES string of the molecule is CCOC(=O)CSc1ccc(F)cc1CN. The highest BCUT2D eigenvalue weighted by atomic mass is 32.2. The van der Waals surface area contributed by atoms with E-state index in [9.17, 15) is 9.18 Å². The van der Waals surface area contributed by atoms with Crippen molar-refractivity contribution in [2.45, 2.75) is 18.4 Å². The zero-order valence-electron chi connectivity index (χ0n) is 9.03. The van der Waals surface area contributed by atoms with Crippen LogP contribution in [0.25, 0.3) is 0 Å². The monoisotopic (exact) mass is 243 g/mol. The lowest BCUT2D eigenvalue weighted by Gasteiger charge is -2.07. The van der Waals surface area contributed by atoms with E-state index in [0.717, 1.165) is 4.90 Å². The molecule has 0 amide bonds. The smallest absolute Gasteiger partial charge is 0.316 e. The molecule has 0 saturated carbocycles. The summed E-state index contributed by atoms with van der Waals surface area (Å²) >= 11 is 1.31. The summed E-state index contributed by atoms with van der Waals surface area (Å²) in [6.45, 7) is 2.38. The van der Waals surface area contributed by atoms with Crippen LogP contribution in [0.4, 0.5) is 4.39 Å².